The van der Waals surface area contributed by atoms with E-state index in [1.165, 1.54) is 13.2 Å². The Bertz CT molecular complexity index is 1250. The van der Waals surface area contributed by atoms with Gasteiger partial charge in [0, 0.05) is 22.9 Å². The highest BCUT2D eigenvalue weighted by Gasteiger charge is 2.39. The molecule has 0 spiro atoms. The molecule has 4 rings (SSSR count). The van der Waals surface area contributed by atoms with Gasteiger partial charge in [-0.15, -0.1) is 0 Å². The Kier molecular flexibility index (Phi) is 7.14. The molecule has 2 heterocycles. The van der Waals surface area contributed by atoms with Gasteiger partial charge in [0.15, 0.2) is 0 Å². The number of methoxy groups -OCH3 is 1. The molecule has 3 unspecified atom stereocenters. The summed E-state index contributed by atoms with van der Waals surface area (Å²) >= 11 is 6.06. The Hall–Kier alpha value is -3.32. The van der Waals surface area contributed by atoms with Gasteiger partial charge in [0.05, 0.1) is 18.7 Å². The van der Waals surface area contributed by atoms with Gasteiger partial charge in [-0.25, -0.2) is 4.39 Å². The van der Waals surface area contributed by atoms with Crippen molar-refractivity contribution >= 4 is 40.2 Å². The first-order valence-corrected chi connectivity index (χ1v) is 12.3. The van der Waals surface area contributed by atoms with E-state index in [1.54, 1.807) is 0 Å². The van der Waals surface area contributed by atoms with E-state index in [1.807, 2.05) is 13.8 Å². The molecule has 192 valence electrons. The Morgan fingerprint density at radius 3 is 2.61 bits per heavy atom. The third kappa shape index (κ3) is 5.57. The standard InChI is InChI=1S/C25H29ClFN5O4/c1-25(2)10-13(22(33)32-25)7-14(11-28)29-23(34)17(6-12-4-5-12)31-24(35)18-8-15-19(36-3)9-16(27)20(26)21(15)30-18/h8-9,12-14,17,30H,4-7,10H2,1-3H3,(H,29,34)(H,31,35)(H,32,33). The van der Waals surface area contributed by atoms with Crippen molar-refractivity contribution in [2.45, 2.75) is 63.6 Å². The Morgan fingerprint density at radius 1 is 1.31 bits per heavy atom. The number of hydrogen-bond donors (Lipinski definition) is 4. The van der Waals surface area contributed by atoms with Crippen molar-refractivity contribution in [3.63, 3.8) is 0 Å². The summed E-state index contributed by atoms with van der Waals surface area (Å²) in [6, 6.07) is 2.93. The Balaban J connectivity index is 1.48. The first kappa shape index (κ1) is 25.8. The van der Waals surface area contributed by atoms with E-state index in [4.69, 9.17) is 16.3 Å². The largest absolute Gasteiger partial charge is 0.496 e. The molecule has 1 aromatic heterocycles. The molecule has 9 nitrogen and oxygen atoms in total. The van der Waals surface area contributed by atoms with Gasteiger partial charge in [0.2, 0.25) is 11.8 Å². The van der Waals surface area contributed by atoms with Crippen LogP contribution < -0.4 is 20.7 Å². The summed E-state index contributed by atoms with van der Waals surface area (Å²) in [5, 5.41) is 18.2. The average molecular weight is 518 g/mol. The number of nitrogens with one attached hydrogen (secondary N) is 4. The molecule has 3 atom stereocenters. The fourth-order valence-electron chi connectivity index (χ4n) is 4.73. The van der Waals surface area contributed by atoms with Gasteiger partial charge >= 0.3 is 0 Å². The Labute approximate surface area is 213 Å². The number of fused-ring (bicyclic) bond motifs is 1. The van der Waals surface area contributed by atoms with Crippen molar-refractivity contribution in [1.29, 1.82) is 5.26 Å². The van der Waals surface area contributed by atoms with Crippen LogP contribution in [0.25, 0.3) is 10.9 Å². The molecule has 0 bridgehead atoms. The van der Waals surface area contributed by atoms with Crippen LogP contribution in [0.15, 0.2) is 12.1 Å². The molecule has 2 aliphatic rings. The number of nitriles is 1. The number of aromatic amines is 1. The van der Waals surface area contributed by atoms with Crippen molar-refractivity contribution in [3.05, 3.63) is 28.7 Å². The van der Waals surface area contributed by atoms with Gasteiger partial charge in [0.25, 0.3) is 5.91 Å². The number of carbonyl (C=O) groups excluding carboxylic acids is 3. The van der Waals surface area contributed by atoms with E-state index in [-0.39, 0.29) is 45.8 Å². The first-order chi connectivity index (χ1) is 17.0. The number of ether oxygens (including phenoxy) is 1. The van der Waals surface area contributed by atoms with Crippen molar-refractivity contribution in [2.24, 2.45) is 11.8 Å². The summed E-state index contributed by atoms with van der Waals surface area (Å²) in [6.45, 7) is 3.82. The van der Waals surface area contributed by atoms with Gasteiger partial charge < -0.3 is 25.7 Å². The number of H-pyrrole nitrogens is 1. The molecule has 3 amide bonds. The fourth-order valence-corrected chi connectivity index (χ4v) is 4.93. The maximum atomic E-state index is 14.1. The second-order valence-electron chi connectivity index (χ2n) is 10.3. The van der Waals surface area contributed by atoms with E-state index in [0.29, 0.717) is 24.1 Å². The minimum atomic E-state index is -0.879. The molecule has 1 aromatic carbocycles. The highest BCUT2D eigenvalue weighted by Crippen LogP contribution is 2.35. The maximum absolute atomic E-state index is 14.1. The zero-order valence-electron chi connectivity index (χ0n) is 20.3. The van der Waals surface area contributed by atoms with Crippen molar-refractivity contribution in [2.75, 3.05) is 7.11 Å². The van der Waals surface area contributed by atoms with Crippen LogP contribution in [0.3, 0.4) is 0 Å². The van der Waals surface area contributed by atoms with Crippen molar-refractivity contribution < 1.29 is 23.5 Å². The quantitative estimate of drug-likeness (QED) is 0.405. The number of amides is 3. The minimum Gasteiger partial charge on any atom is -0.496 e. The molecular formula is C25H29ClFN5O4. The van der Waals surface area contributed by atoms with Crippen molar-refractivity contribution in [1.82, 2.24) is 20.9 Å². The lowest BCUT2D eigenvalue weighted by Crippen LogP contribution is -2.50. The van der Waals surface area contributed by atoms with E-state index in [0.717, 1.165) is 18.9 Å². The van der Waals surface area contributed by atoms with Crippen LogP contribution in [0.5, 0.6) is 5.75 Å². The molecule has 2 fully saturated rings. The summed E-state index contributed by atoms with van der Waals surface area (Å²) < 4.78 is 19.3. The van der Waals surface area contributed by atoms with Crippen LogP contribution in [0.4, 0.5) is 4.39 Å². The lowest BCUT2D eigenvalue weighted by molar-refractivity contribution is -0.125. The van der Waals surface area contributed by atoms with Gasteiger partial charge in [0.1, 0.15) is 34.4 Å². The van der Waals surface area contributed by atoms with Crippen LogP contribution >= 0.6 is 11.6 Å². The predicted octanol–water partition coefficient (Wildman–Crippen LogP) is 3.18. The lowest BCUT2D eigenvalue weighted by Gasteiger charge is -2.21. The number of carbonyl (C=O) groups is 3. The summed E-state index contributed by atoms with van der Waals surface area (Å²) in [4.78, 5) is 41.2. The highest BCUT2D eigenvalue weighted by atomic mass is 35.5. The van der Waals surface area contributed by atoms with E-state index in [9.17, 15) is 24.0 Å². The number of aromatic nitrogens is 1. The molecule has 4 N–H and O–H groups in total. The summed E-state index contributed by atoms with van der Waals surface area (Å²) in [5.74, 6) is -1.76. The zero-order valence-corrected chi connectivity index (χ0v) is 21.1. The third-order valence-corrected chi connectivity index (χ3v) is 7.07. The van der Waals surface area contributed by atoms with Crippen LogP contribution in [0, 0.1) is 29.0 Å². The van der Waals surface area contributed by atoms with Gasteiger partial charge in [-0.05, 0) is 45.1 Å². The van der Waals surface area contributed by atoms with Crippen LogP contribution in [0.2, 0.25) is 5.02 Å². The third-order valence-electron chi connectivity index (χ3n) is 6.70. The van der Waals surface area contributed by atoms with Crippen molar-refractivity contribution in [3.8, 4) is 11.8 Å². The van der Waals surface area contributed by atoms with Crippen LogP contribution in [-0.4, -0.2) is 47.4 Å². The monoisotopic (exact) mass is 517 g/mol. The van der Waals surface area contributed by atoms with E-state index < -0.39 is 29.7 Å². The lowest BCUT2D eigenvalue weighted by atomic mass is 9.92. The molecule has 1 saturated carbocycles. The summed E-state index contributed by atoms with van der Waals surface area (Å²) in [5.41, 5.74) is -0.0576. The summed E-state index contributed by atoms with van der Waals surface area (Å²) in [6.07, 6.45) is 3.09. The molecule has 1 aliphatic heterocycles. The van der Waals surface area contributed by atoms with Gasteiger partial charge in [-0.1, -0.05) is 24.4 Å². The van der Waals surface area contributed by atoms with E-state index in [2.05, 4.69) is 27.0 Å². The molecular weight excluding hydrogens is 489 g/mol. The normalized spacial score (nSPS) is 20.3. The van der Waals surface area contributed by atoms with Crippen LogP contribution in [-0.2, 0) is 9.59 Å². The molecule has 1 aliphatic carbocycles. The molecule has 36 heavy (non-hydrogen) atoms. The number of hydrogen-bond acceptors (Lipinski definition) is 5. The van der Waals surface area contributed by atoms with E-state index >= 15 is 0 Å². The van der Waals surface area contributed by atoms with Gasteiger partial charge in [-0.2, -0.15) is 5.26 Å². The molecule has 11 heteroatoms. The smallest absolute Gasteiger partial charge is 0.268 e. The molecule has 1 saturated heterocycles. The SMILES string of the molecule is COc1cc(F)c(Cl)c2[nH]c(C(=O)NC(CC3CC3)C(=O)NC(C#N)CC3CC(C)(C)NC3=O)cc12. The maximum Gasteiger partial charge on any atom is 0.268 e. The second kappa shape index (κ2) is 9.97. The molecule has 0 radical (unpaired) electrons. The van der Waals surface area contributed by atoms with Gasteiger partial charge in [-0.3, -0.25) is 14.4 Å². The summed E-state index contributed by atoms with van der Waals surface area (Å²) in [7, 11) is 1.38. The number of nitrogens with zero attached hydrogens (tertiary/aromatic N) is 1. The highest BCUT2D eigenvalue weighted by molar-refractivity contribution is 6.35. The van der Waals surface area contributed by atoms with Crippen LogP contribution in [0.1, 0.15) is 56.4 Å². The Morgan fingerprint density at radius 2 is 2.03 bits per heavy atom. The average Bonchev–Trinajstić information content (AvgIpc) is 3.45. The topological polar surface area (TPSA) is 136 Å². The number of benzene rings is 1. The fraction of sp³-hybridized carbons (Fsp3) is 0.520. The zero-order chi connectivity index (χ0) is 26.2. The number of halogens is 2. The predicted molar refractivity (Wildman–Crippen MR) is 131 cm³/mol. The minimum absolute atomic E-state index is 0.0890. The second-order valence-corrected chi connectivity index (χ2v) is 10.6. The first-order valence-electron chi connectivity index (χ1n) is 11.9. The number of rotatable bonds is 9. The molecule has 2 aromatic rings.